The predicted octanol–water partition coefficient (Wildman–Crippen LogP) is 2.04. The topological polar surface area (TPSA) is 28.2 Å². The summed E-state index contributed by atoms with van der Waals surface area (Å²) < 4.78 is 0. The minimum absolute atomic E-state index is 0.856. The molecule has 1 aromatic heterocycles. The average Bonchev–Trinajstić information content (AvgIpc) is 2.89. The zero-order valence-electron chi connectivity index (χ0n) is 10.5. The number of aromatic nitrogens is 1. The molecule has 1 aliphatic heterocycles. The van der Waals surface area contributed by atoms with E-state index < -0.39 is 0 Å². The molecule has 0 spiro atoms. The van der Waals surface area contributed by atoms with Crippen molar-refractivity contribution in [2.24, 2.45) is 11.8 Å². The minimum Gasteiger partial charge on any atom is -0.371 e. The molecule has 2 aliphatic rings. The van der Waals surface area contributed by atoms with Crippen molar-refractivity contribution in [1.82, 2.24) is 10.3 Å². The van der Waals surface area contributed by atoms with Gasteiger partial charge in [0.2, 0.25) is 0 Å². The lowest BCUT2D eigenvalue weighted by Gasteiger charge is -2.20. The summed E-state index contributed by atoms with van der Waals surface area (Å²) in [6.45, 7) is 3.37. The van der Waals surface area contributed by atoms with E-state index in [9.17, 15) is 0 Å². The second-order valence-corrected chi connectivity index (χ2v) is 5.39. The van der Waals surface area contributed by atoms with Gasteiger partial charge in [0.1, 0.15) is 0 Å². The number of fused-ring (bicyclic) bond motifs is 1. The first-order valence-electron chi connectivity index (χ1n) is 6.71. The van der Waals surface area contributed by atoms with E-state index in [0.717, 1.165) is 24.1 Å². The van der Waals surface area contributed by atoms with Crippen LogP contribution in [0.15, 0.2) is 18.3 Å². The van der Waals surface area contributed by atoms with Gasteiger partial charge in [-0.15, -0.1) is 0 Å². The van der Waals surface area contributed by atoms with Crippen molar-refractivity contribution in [3.63, 3.8) is 0 Å². The van der Waals surface area contributed by atoms with Crippen molar-refractivity contribution in [3.05, 3.63) is 24.0 Å². The number of nitrogens with one attached hydrogen (secondary N) is 1. The van der Waals surface area contributed by atoms with Crippen LogP contribution in [-0.2, 0) is 6.54 Å². The Labute approximate surface area is 103 Å². The molecule has 1 saturated heterocycles. The third-order valence-corrected chi connectivity index (χ3v) is 4.25. The summed E-state index contributed by atoms with van der Waals surface area (Å²) >= 11 is 0. The van der Waals surface area contributed by atoms with Gasteiger partial charge in [0.05, 0.1) is 5.69 Å². The predicted molar refractivity (Wildman–Crippen MR) is 70.0 cm³/mol. The second-order valence-electron chi connectivity index (χ2n) is 5.39. The van der Waals surface area contributed by atoms with Crippen LogP contribution in [0.1, 0.15) is 25.0 Å². The average molecular weight is 231 g/mol. The molecule has 3 nitrogen and oxygen atoms in total. The highest BCUT2D eigenvalue weighted by molar-refractivity contribution is 5.48. The lowest BCUT2D eigenvalue weighted by molar-refractivity contribution is 0.494. The molecule has 3 heteroatoms. The lowest BCUT2D eigenvalue weighted by atomic mass is 10.0. The van der Waals surface area contributed by atoms with Crippen molar-refractivity contribution in [3.8, 4) is 0 Å². The van der Waals surface area contributed by atoms with E-state index in [1.165, 1.54) is 38.0 Å². The van der Waals surface area contributed by atoms with E-state index in [2.05, 4.69) is 27.3 Å². The fourth-order valence-corrected chi connectivity index (χ4v) is 3.39. The minimum atomic E-state index is 0.856. The Morgan fingerprint density at radius 3 is 2.82 bits per heavy atom. The van der Waals surface area contributed by atoms with Gasteiger partial charge < -0.3 is 10.2 Å². The van der Waals surface area contributed by atoms with Gasteiger partial charge in [0.25, 0.3) is 0 Å². The number of hydrogen-bond acceptors (Lipinski definition) is 3. The molecule has 0 aromatic carbocycles. The van der Waals surface area contributed by atoms with Gasteiger partial charge in [-0.1, -0.05) is 6.42 Å². The van der Waals surface area contributed by atoms with Gasteiger partial charge in [-0.3, -0.25) is 4.98 Å². The molecule has 1 saturated carbocycles. The molecular weight excluding hydrogens is 210 g/mol. The SMILES string of the molecule is CNCc1cc(N2CC3CCCC3C2)ccn1. The molecule has 92 valence electrons. The van der Waals surface area contributed by atoms with E-state index in [0.29, 0.717) is 0 Å². The molecular formula is C14H21N3. The Kier molecular flexibility index (Phi) is 3.02. The smallest absolute Gasteiger partial charge is 0.0562 e. The number of rotatable bonds is 3. The standard InChI is InChI=1S/C14H21N3/c1-15-8-13-7-14(5-6-16-13)17-9-11-3-2-4-12(11)10-17/h5-7,11-12,15H,2-4,8-10H2,1H3. The van der Waals surface area contributed by atoms with E-state index >= 15 is 0 Å². The zero-order chi connectivity index (χ0) is 11.7. The Morgan fingerprint density at radius 1 is 1.35 bits per heavy atom. The number of nitrogens with zero attached hydrogens (tertiary/aromatic N) is 2. The largest absolute Gasteiger partial charge is 0.371 e. The van der Waals surface area contributed by atoms with Crippen molar-refractivity contribution in [2.45, 2.75) is 25.8 Å². The first kappa shape index (κ1) is 11.0. The highest BCUT2D eigenvalue weighted by atomic mass is 15.2. The van der Waals surface area contributed by atoms with Gasteiger partial charge in [-0.25, -0.2) is 0 Å². The maximum atomic E-state index is 4.38. The van der Waals surface area contributed by atoms with Crippen LogP contribution in [0.25, 0.3) is 0 Å². The first-order chi connectivity index (χ1) is 8.36. The summed E-state index contributed by atoms with van der Waals surface area (Å²) in [5, 5.41) is 3.16. The van der Waals surface area contributed by atoms with Crippen LogP contribution in [0.2, 0.25) is 0 Å². The molecule has 1 N–H and O–H groups in total. The van der Waals surface area contributed by atoms with Crippen LogP contribution in [-0.4, -0.2) is 25.1 Å². The van der Waals surface area contributed by atoms with Crippen LogP contribution in [0.4, 0.5) is 5.69 Å². The molecule has 2 fully saturated rings. The molecule has 2 unspecified atom stereocenters. The Hall–Kier alpha value is -1.09. The van der Waals surface area contributed by atoms with Gasteiger partial charge in [-0.2, -0.15) is 0 Å². The molecule has 0 radical (unpaired) electrons. The molecule has 3 rings (SSSR count). The quantitative estimate of drug-likeness (QED) is 0.863. The van der Waals surface area contributed by atoms with Crippen LogP contribution in [0.3, 0.4) is 0 Å². The maximum absolute atomic E-state index is 4.38. The van der Waals surface area contributed by atoms with Crippen molar-refractivity contribution < 1.29 is 0 Å². The fourth-order valence-electron chi connectivity index (χ4n) is 3.39. The monoisotopic (exact) mass is 231 g/mol. The van der Waals surface area contributed by atoms with Crippen molar-refractivity contribution in [2.75, 3.05) is 25.0 Å². The number of pyridine rings is 1. The van der Waals surface area contributed by atoms with Crippen LogP contribution < -0.4 is 10.2 Å². The Morgan fingerprint density at radius 2 is 2.12 bits per heavy atom. The molecule has 1 aromatic rings. The summed E-state index contributed by atoms with van der Waals surface area (Å²) in [7, 11) is 1.97. The fraction of sp³-hybridized carbons (Fsp3) is 0.643. The van der Waals surface area contributed by atoms with Gasteiger partial charge >= 0.3 is 0 Å². The highest BCUT2D eigenvalue weighted by Gasteiger charge is 2.36. The zero-order valence-corrected chi connectivity index (χ0v) is 10.5. The normalized spacial score (nSPS) is 27.5. The molecule has 2 atom stereocenters. The maximum Gasteiger partial charge on any atom is 0.0562 e. The van der Waals surface area contributed by atoms with Crippen LogP contribution in [0.5, 0.6) is 0 Å². The van der Waals surface area contributed by atoms with Crippen molar-refractivity contribution >= 4 is 5.69 Å². The number of anilines is 1. The van der Waals surface area contributed by atoms with E-state index in [-0.39, 0.29) is 0 Å². The first-order valence-corrected chi connectivity index (χ1v) is 6.71. The molecule has 17 heavy (non-hydrogen) atoms. The van der Waals surface area contributed by atoms with E-state index in [4.69, 9.17) is 0 Å². The summed E-state index contributed by atoms with van der Waals surface area (Å²) in [5.41, 5.74) is 2.50. The molecule has 1 aliphatic carbocycles. The molecule has 2 heterocycles. The Balaban J connectivity index is 1.74. The third-order valence-electron chi connectivity index (χ3n) is 4.25. The van der Waals surface area contributed by atoms with E-state index in [1.807, 2.05) is 13.2 Å². The lowest BCUT2D eigenvalue weighted by Crippen LogP contribution is -2.21. The Bertz CT molecular complexity index is 379. The summed E-state index contributed by atoms with van der Waals surface area (Å²) in [6, 6.07) is 4.39. The van der Waals surface area contributed by atoms with E-state index in [1.54, 1.807) is 0 Å². The summed E-state index contributed by atoms with van der Waals surface area (Å²) in [6.07, 6.45) is 6.27. The third kappa shape index (κ3) is 2.16. The number of hydrogen-bond donors (Lipinski definition) is 1. The van der Waals surface area contributed by atoms with Crippen LogP contribution >= 0.6 is 0 Å². The van der Waals surface area contributed by atoms with Crippen molar-refractivity contribution in [1.29, 1.82) is 0 Å². The van der Waals surface area contributed by atoms with Gasteiger partial charge in [0.15, 0.2) is 0 Å². The molecule has 0 amide bonds. The second kappa shape index (κ2) is 4.65. The van der Waals surface area contributed by atoms with Crippen LogP contribution in [0, 0.1) is 11.8 Å². The van der Waals surface area contributed by atoms with Gasteiger partial charge in [-0.05, 0) is 43.9 Å². The summed E-state index contributed by atoms with van der Waals surface area (Å²) in [4.78, 5) is 6.93. The molecule has 0 bridgehead atoms. The van der Waals surface area contributed by atoms with Gasteiger partial charge in [0, 0.05) is 31.5 Å². The highest BCUT2D eigenvalue weighted by Crippen LogP contribution is 2.39. The summed E-state index contributed by atoms with van der Waals surface area (Å²) in [5.74, 6) is 1.91.